The minimum absolute atomic E-state index is 0.286. The first-order chi connectivity index (χ1) is 9.64. The second-order valence-electron chi connectivity index (χ2n) is 5.66. The molecule has 0 aromatic carbocycles. The zero-order valence-electron chi connectivity index (χ0n) is 11.7. The van der Waals surface area contributed by atoms with Crippen molar-refractivity contribution >= 4 is 28.1 Å². The first-order valence-electron chi connectivity index (χ1n) is 7.03. The quantitative estimate of drug-likeness (QED) is 0.854. The van der Waals surface area contributed by atoms with E-state index < -0.39 is 0 Å². The summed E-state index contributed by atoms with van der Waals surface area (Å²) >= 11 is 7.29. The highest BCUT2D eigenvalue weighted by molar-refractivity contribution is 7.10. The van der Waals surface area contributed by atoms with E-state index in [2.05, 4.69) is 29.3 Å². The van der Waals surface area contributed by atoms with Crippen LogP contribution in [0.4, 0.5) is 5.00 Å². The largest absolute Gasteiger partial charge is 0.378 e. The second-order valence-corrected chi connectivity index (χ2v) is 6.77. The van der Waals surface area contributed by atoms with Crippen LogP contribution in [0.25, 0.3) is 0 Å². The Morgan fingerprint density at radius 3 is 2.90 bits per heavy atom. The van der Waals surface area contributed by atoms with Crippen LogP contribution in [0.5, 0.6) is 0 Å². The normalized spacial score (nSPS) is 26.7. The molecule has 0 N–H and O–H groups in total. The van der Waals surface area contributed by atoms with Crippen LogP contribution in [-0.2, 0) is 4.74 Å². The van der Waals surface area contributed by atoms with Gasteiger partial charge in [-0.2, -0.15) is 9.64 Å². The lowest BCUT2D eigenvalue weighted by Crippen LogP contribution is -2.67. The summed E-state index contributed by atoms with van der Waals surface area (Å²) < 4.78 is 9.99. The summed E-state index contributed by atoms with van der Waals surface area (Å²) in [5, 5.41) is 10.4. The average molecular weight is 312 g/mol. The van der Waals surface area contributed by atoms with Crippen LogP contribution in [-0.4, -0.2) is 30.2 Å². The molecule has 6 heteroatoms. The van der Waals surface area contributed by atoms with Crippen molar-refractivity contribution in [1.29, 1.82) is 5.26 Å². The van der Waals surface area contributed by atoms with Gasteiger partial charge in [-0.05, 0) is 37.7 Å². The molecule has 0 bridgehead atoms. The van der Waals surface area contributed by atoms with E-state index in [1.54, 1.807) is 0 Å². The van der Waals surface area contributed by atoms with Gasteiger partial charge in [0.2, 0.25) is 0 Å². The van der Waals surface area contributed by atoms with Gasteiger partial charge < -0.3 is 9.64 Å². The van der Waals surface area contributed by atoms with Gasteiger partial charge in [0.05, 0.1) is 6.10 Å². The maximum absolute atomic E-state index is 9.23. The average Bonchev–Trinajstić information content (AvgIpc) is 2.72. The van der Waals surface area contributed by atoms with Crippen LogP contribution < -0.4 is 4.90 Å². The minimum Gasteiger partial charge on any atom is -0.378 e. The number of hydrogen-bond donors (Lipinski definition) is 0. The smallest absolute Gasteiger partial charge is 0.162 e. The Balaban J connectivity index is 1.82. The number of anilines is 1. The summed E-state index contributed by atoms with van der Waals surface area (Å²) in [6.07, 6.45) is 5.14. The molecule has 2 atom stereocenters. The van der Waals surface area contributed by atoms with Crippen molar-refractivity contribution in [2.24, 2.45) is 5.41 Å². The molecule has 0 radical (unpaired) electrons. The SMILES string of the molecule is CCOC1CC(N(C)c2snc(Cl)c2C#N)C12CCC2. The van der Waals surface area contributed by atoms with E-state index in [1.165, 1.54) is 30.8 Å². The monoisotopic (exact) mass is 311 g/mol. The summed E-state index contributed by atoms with van der Waals surface area (Å²) in [5.74, 6) is 0. The van der Waals surface area contributed by atoms with Crippen molar-refractivity contribution in [3.05, 3.63) is 10.7 Å². The third-order valence-corrected chi connectivity index (χ3v) is 6.24. The lowest BCUT2D eigenvalue weighted by atomic mass is 9.50. The molecule has 2 aliphatic carbocycles. The highest BCUT2D eigenvalue weighted by Gasteiger charge is 2.60. The Labute approximate surface area is 128 Å². The van der Waals surface area contributed by atoms with Crippen molar-refractivity contribution in [3.8, 4) is 6.07 Å². The third kappa shape index (κ3) is 1.86. The van der Waals surface area contributed by atoms with Crippen molar-refractivity contribution in [2.45, 2.75) is 44.8 Å². The Kier molecular flexibility index (Phi) is 3.65. The molecule has 1 heterocycles. The van der Waals surface area contributed by atoms with Crippen molar-refractivity contribution in [1.82, 2.24) is 4.37 Å². The van der Waals surface area contributed by atoms with E-state index in [4.69, 9.17) is 16.3 Å². The van der Waals surface area contributed by atoms with Gasteiger partial charge in [0, 0.05) is 25.1 Å². The molecule has 3 rings (SSSR count). The molecule has 108 valence electrons. The molecule has 1 spiro atoms. The summed E-state index contributed by atoms with van der Waals surface area (Å²) in [5.41, 5.74) is 0.794. The number of halogens is 1. The fourth-order valence-corrected chi connectivity index (χ4v) is 4.72. The third-order valence-electron chi connectivity index (χ3n) is 4.93. The fourth-order valence-electron chi connectivity index (χ4n) is 3.68. The zero-order valence-corrected chi connectivity index (χ0v) is 13.3. The van der Waals surface area contributed by atoms with Gasteiger partial charge >= 0.3 is 0 Å². The topological polar surface area (TPSA) is 49.1 Å². The second kappa shape index (κ2) is 5.18. The predicted molar refractivity (Wildman–Crippen MR) is 80.3 cm³/mol. The molecule has 2 unspecified atom stereocenters. The fraction of sp³-hybridized carbons (Fsp3) is 0.714. The predicted octanol–water partition coefficient (Wildman–Crippen LogP) is 3.45. The number of hydrogen-bond acceptors (Lipinski definition) is 5. The van der Waals surface area contributed by atoms with Crippen LogP contribution >= 0.6 is 23.1 Å². The van der Waals surface area contributed by atoms with Crippen LogP contribution in [0.3, 0.4) is 0 Å². The highest BCUT2D eigenvalue weighted by Crippen LogP contribution is 2.59. The van der Waals surface area contributed by atoms with Gasteiger partial charge in [-0.15, -0.1) is 0 Å². The molecular formula is C14H18ClN3OS. The van der Waals surface area contributed by atoms with Crippen molar-refractivity contribution in [2.75, 3.05) is 18.6 Å². The van der Waals surface area contributed by atoms with Gasteiger partial charge in [-0.25, -0.2) is 0 Å². The molecule has 20 heavy (non-hydrogen) atoms. The van der Waals surface area contributed by atoms with E-state index >= 15 is 0 Å². The van der Waals surface area contributed by atoms with Gasteiger partial charge in [-0.3, -0.25) is 0 Å². The molecular weight excluding hydrogens is 294 g/mol. The number of nitrogens with zero attached hydrogens (tertiary/aromatic N) is 3. The van der Waals surface area contributed by atoms with Crippen molar-refractivity contribution < 1.29 is 4.74 Å². The van der Waals surface area contributed by atoms with E-state index in [-0.39, 0.29) is 5.41 Å². The zero-order chi connectivity index (χ0) is 14.3. The highest BCUT2D eigenvalue weighted by atomic mass is 35.5. The van der Waals surface area contributed by atoms with Crippen LogP contribution in [0, 0.1) is 16.7 Å². The van der Waals surface area contributed by atoms with Crippen LogP contribution in [0.15, 0.2) is 0 Å². The van der Waals surface area contributed by atoms with E-state index in [1.807, 2.05) is 0 Å². The summed E-state index contributed by atoms with van der Waals surface area (Å²) in [6, 6.07) is 2.61. The van der Waals surface area contributed by atoms with Gasteiger partial charge in [0.15, 0.2) is 5.15 Å². The van der Waals surface area contributed by atoms with E-state index in [9.17, 15) is 5.26 Å². The molecule has 0 saturated heterocycles. The summed E-state index contributed by atoms with van der Waals surface area (Å²) in [6.45, 7) is 2.83. The number of rotatable bonds is 4. The van der Waals surface area contributed by atoms with E-state index in [0.717, 1.165) is 18.0 Å². The Morgan fingerprint density at radius 1 is 1.60 bits per heavy atom. The standard InChI is InChI=1S/C14H18ClN3OS/c1-3-19-11-7-10(14(11)5-4-6-14)18(2)13-9(8-16)12(15)17-20-13/h10-11H,3-7H2,1-2H3. The van der Waals surface area contributed by atoms with Gasteiger partial charge in [0.1, 0.15) is 16.6 Å². The Hall–Kier alpha value is -0.830. The molecule has 1 aromatic rings. The maximum Gasteiger partial charge on any atom is 0.162 e. The molecule has 1 aromatic heterocycles. The molecule has 0 amide bonds. The molecule has 0 aliphatic heterocycles. The lowest BCUT2D eigenvalue weighted by Gasteiger charge is -2.63. The lowest BCUT2D eigenvalue weighted by molar-refractivity contribution is -0.163. The number of aromatic nitrogens is 1. The summed E-state index contributed by atoms with van der Waals surface area (Å²) in [7, 11) is 2.05. The molecule has 2 saturated carbocycles. The number of ether oxygens (including phenoxy) is 1. The minimum atomic E-state index is 0.286. The number of nitriles is 1. The molecule has 4 nitrogen and oxygen atoms in total. The van der Waals surface area contributed by atoms with E-state index in [0.29, 0.717) is 22.9 Å². The molecule has 2 fully saturated rings. The first-order valence-corrected chi connectivity index (χ1v) is 8.19. The first kappa shape index (κ1) is 14.1. The summed E-state index contributed by atoms with van der Waals surface area (Å²) in [4.78, 5) is 2.21. The van der Waals surface area contributed by atoms with Crippen LogP contribution in [0.2, 0.25) is 5.15 Å². The maximum atomic E-state index is 9.23. The van der Waals surface area contributed by atoms with Gasteiger partial charge in [0.25, 0.3) is 0 Å². The Bertz CT molecular complexity index is 549. The van der Waals surface area contributed by atoms with Crippen LogP contribution in [0.1, 0.15) is 38.2 Å². The Morgan fingerprint density at radius 2 is 2.35 bits per heavy atom. The van der Waals surface area contributed by atoms with Crippen molar-refractivity contribution in [3.63, 3.8) is 0 Å². The molecule has 2 aliphatic rings. The van der Waals surface area contributed by atoms with Gasteiger partial charge in [-0.1, -0.05) is 18.0 Å².